The maximum atomic E-state index is 11.2. The number of carbonyl (C=O) groups is 1. The van der Waals surface area contributed by atoms with Crippen LogP contribution in [0.25, 0.3) is 11.0 Å². The van der Waals surface area contributed by atoms with Crippen LogP contribution in [-0.2, 0) is 0 Å². The van der Waals surface area contributed by atoms with Gasteiger partial charge in [0, 0.05) is 10.9 Å². The van der Waals surface area contributed by atoms with Gasteiger partial charge in [-0.25, -0.2) is 4.79 Å². The molecule has 2 rings (SSSR count). The van der Waals surface area contributed by atoms with E-state index in [9.17, 15) is 9.90 Å². The molecule has 0 amide bonds. The summed E-state index contributed by atoms with van der Waals surface area (Å²) >= 11 is 0. The molecule has 0 fully saturated rings. The van der Waals surface area contributed by atoms with Crippen molar-refractivity contribution in [1.82, 2.24) is 0 Å². The fourth-order valence-corrected chi connectivity index (χ4v) is 2.23. The van der Waals surface area contributed by atoms with Crippen LogP contribution in [-0.4, -0.2) is 11.1 Å². The quantitative estimate of drug-likeness (QED) is 0.855. The molecule has 1 heterocycles. The summed E-state index contributed by atoms with van der Waals surface area (Å²) in [5.74, 6) is -0.793. The second kappa shape index (κ2) is 3.91. The number of aryl methyl sites for hydroxylation is 2. The molecular weight excluding hydrogens is 216 g/mol. The van der Waals surface area contributed by atoms with Gasteiger partial charge in [-0.2, -0.15) is 0 Å². The molecule has 0 aliphatic rings. The van der Waals surface area contributed by atoms with Gasteiger partial charge in [0.1, 0.15) is 5.58 Å². The minimum Gasteiger partial charge on any atom is -0.475 e. The molecule has 0 radical (unpaired) electrons. The molecule has 0 saturated heterocycles. The fraction of sp³-hybridized carbons (Fsp3) is 0.357. The molecule has 17 heavy (non-hydrogen) atoms. The Morgan fingerprint density at radius 1 is 1.24 bits per heavy atom. The third-order valence-electron chi connectivity index (χ3n) is 3.05. The van der Waals surface area contributed by atoms with Gasteiger partial charge in [0.15, 0.2) is 0 Å². The Balaban J connectivity index is 2.95. The summed E-state index contributed by atoms with van der Waals surface area (Å²) < 4.78 is 5.53. The number of furan rings is 1. The molecule has 3 nitrogen and oxygen atoms in total. The number of carboxylic acids is 1. The van der Waals surface area contributed by atoms with E-state index in [1.54, 1.807) is 0 Å². The van der Waals surface area contributed by atoms with Crippen LogP contribution in [0.15, 0.2) is 16.5 Å². The van der Waals surface area contributed by atoms with Crippen LogP contribution in [0.5, 0.6) is 0 Å². The first-order valence-electron chi connectivity index (χ1n) is 5.69. The summed E-state index contributed by atoms with van der Waals surface area (Å²) in [5.41, 5.74) is 3.53. The molecule has 0 saturated carbocycles. The van der Waals surface area contributed by atoms with E-state index in [-0.39, 0.29) is 11.7 Å². The minimum atomic E-state index is -0.997. The molecule has 90 valence electrons. The van der Waals surface area contributed by atoms with Crippen LogP contribution < -0.4 is 0 Å². The van der Waals surface area contributed by atoms with Gasteiger partial charge in [0.25, 0.3) is 0 Å². The Labute approximate surface area is 100 Å². The van der Waals surface area contributed by atoms with Gasteiger partial charge in [-0.15, -0.1) is 0 Å². The van der Waals surface area contributed by atoms with Crippen molar-refractivity contribution >= 4 is 16.9 Å². The first-order valence-corrected chi connectivity index (χ1v) is 5.69. The van der Waals surface area contributed by atoms with E-state index in [1.807, 2.05) is 39.8 Å². The molecule has 1 N–H and O–H groups in total. The normalized spacial score (nSPS) is 11.4. The lowest BCUT2D eigenvalue weighted by atomic mass is 9.95. The van der Waals surface area contributed by atoms with Gasteiger partial charge >= 0.3 is 5.97 Å². The van der Waals surface area contributed by atoms with E-state index in [0.29, 0.717) is 5.58 Å². The highest BCUT2D eigenvalue weighted by Crippen LogP contribution is 2.35. The van der Waals surface area contributed by atoms with E-state index in [2.05, 4.69) is 0 Å². The molecule has 0 bridgehead atoms. The number of benzene rings is 1. The van der Waals surface area contributed by atoms with E-state index in [4.69, 9.17) is 4.42 Å². The number of aromatic carboxylic acids is 1. The largest absolute Gasteiger partial charge is 0.475 e. The molecule has 1 aromatic heterocycles. The van der Waals surface area contributed by atoms with Crippen molar-refractivity contribution in [3.05, 3.63) is 34.6 Å². The first kappa shape index (κ1) is 11.7. The van der Waals surface area contributed by atoms with Crippen LogP contribution in [0.2, 0.25) is 0 Å². The van der Waals surface area contributed by atoms with E-state index in [0.717, 1.165) is 22.1 Å². The lowest BCUT2D eigenvalue weighted by Gasteiger charge is -2.05. The van der Waals surface area contributed by atoms with Crippen molar-refractivity contribution in [2.24, 2.45) is 0 Å². The van der Waals surface area contributed by atoms with Crippen molar-refractivity contribution in [1.29, 1.82) is 0 Å². The Hall–Kier alpha value is -1.77. The number of hydrogen-bond donors (Lipinski definition) is 1. The SMILES string of the molecule is Cc1ccc(C)c2c(C(C)C)c(C(=O)O)oc12. The maximum Gasteiger partial charge on any atom is 0.372 e. The van der Waals surface area contributed by atoms with E-state index >= 15 is 0 Å². The Bertz CT molecular complexity index is 591. The third kappa shape index (κ3) is 1.71. The Morgan fingerprint density at radius 3 is 2.35 bits per heavy atom. The van der Waals surface area contributed by atoms with Crippen molar-refractivity contribution in [3.63, 3.8) is 0 Å². The summed E-state index contributed by atoms with van der Waals surface area (Å²) in [6.07, 6.45) is 0. The highest BCUT2D eigenvalue weighted by Gasteiger charge is 2.23. The van der Waals surface area contributed by atoms with Crippen LogP contribution in [0.4, 0.5) is 0 Å². The van der Waals surface area contributed by atoms with Gasteiger partial charge in [-0.1, -0.05) is 26.0 Å². The van der Waals surface area contributed by atoms with Gasteiger partial charge in [-0.3, -0.25) is 0 Å². The summed E-state index contributed by atoms with van der Waals surface area (Å²) in [6.45, 7) is 7.88. The molecule has 0 spiro atoms. The highest BCUT2D eigenvalue weighted by atomic mass is 16.4. The average Bonchev–Trinajstić information content (AvgIpc) is 2.64. The highest BCUT2D eigenvalue weighted by molar-refractivity contribution is 5.97. The van der Waals surface area contributed by atoms with Gasteiger partial charge in [0.05, 0.1) is 0 Å². The fourth-order valence-electron chi connectivity index (χ4n) is 2.23. The Morgan fingerprint density at radius 2 is 1.82 bits per heavy atom. The van der Waals surface area contributed by atoms with Crippen LogP contribution in [0.3, 0.4) is 0 Å². The molecular formula is C14H16O3. The average molecular weight is 232 g/mol. The monoisotopic (exact) mass is 232 g/mol. The lowest BCUT2D eigenvalue weighted by Crippen LogP contribution is -2.00. The molecule has 3 heteroatoms. The summed E-state index contributed by atoms with van der Waals surface area (Å²) in [5, 5.41) is 10.2. The second-order valence-electron chi connectivity index (χ2n) is 4.71. The number of fused-ring (bicyclic) bond motifs is 1. The lowest BCUT2D eigenvalue weighted by molar-refractivity contribution is 0.0662. The maximum absolute atomic E-state index is 11.2. The predicted molar refractivity (Wildman–Crippen MR) is 66.7 cm³/mol. The van der Waals surface area contributed by atoms with E-state index in [1.165, 1.54) is 0 Å². The zero-order valence-electron chi connectivity index (χ0n) is 10.5. The second-order valence-corrected chi connectivity index (χ2v) is 4.71. The molecule has 0 aliphatic heterocycles. The molecule has 0 unspecified atom stereocenters. The third-order valence-corrected chi connectivity index (χ3v) is 3.05. The molecule has 1 aromatic carbocycles. The molecule has 0 aliphatic carbocycles. The molecule has 2 aromatic rings. The smallest absolute Gasteiger partial charge is 0.372 e. The van der Waals surface area contributed by atoms with Gasteiger partial charge in [0.2, 0.25) is 5.76 Å². The van der Waals surface area contributed by atoms with Crippen LogP contribution in [0.1, 0.15) is 47.0 Å². The van der Waals surface area contributed by atoms with E-state index < -0.39 is 5.97 Å². The van der Waals surface area contributed by atoms with Gasteiger partial charge < -0.3 is 9.52 Å². The standard InChI is InChI=1S/C14H16O3/c1-7(2)10-11-8(3)5-6-9(4)12(11)17-13(10)14(15)16/h5-7H,1-4H3,(H,15,16). The Kier molecular flexibility index (Phi) is 2.69. The number of rotatable bonds is 2. The van der Waals surface area contributed by atoms with Crippen LogP contribution in [0, 0.1) is 13.8 Å². The predicted octanol–water partition coefficient (Wildman–Crippen LogP) is 3.87. The van der Waals surface area contributed by atoms with Crippen LogP contribution >= 0.6 is 0 Å². The minimum absolute atomic E-state index is 0.0763. The van der Waals surface area contributed by atoms with Crippen molar-refractivity contribution in [3.8, 4) is 0 Å². The number of hydrogen-bond acceptors (Lipinski definition) is 2. The summed E-state index contributed by atoms with van der Waals surface area (Å²) in [7, 11) is 0. The summed E-state index contributed by atoms with van der Waals surface area (Å²) in [4.78, 5) is 11.2. The number of carboxylic acid groups (broad SMARTS) is 1. The van der Waals surface area contributed by atoms with Crippen molar-refractivity contribution < 1.29 is 14.3 Å². The van der Waals surface area contributed by atoms with Crippen molar-refractivity contribution in [2.75, 3.05) is 0 Å². The topological polar surface area (TPSA) is 50.4 Å². The molecule has 0 atom stereocenters. The van der Waals surface area contributed by atoms with Crippen molar-refractivity contribution in [2.45, 2.75) is 33.6 Å². The van der Waals surface area contributed by atoms with Gasteiger partial charge in [-0.05, 0) is 30.9 Å². The zero-order chi connectivity index (χ0) is 12.7. The first-order chi connectivity index (χ1) is 7.93. The zero-order valence-corrected chi connectivity index (χ0v) is 10.5. The summed E-state index contributed by atoms with van der Waals surface area (Å²) in [6, 6.07) is 3.96.